The van der Waals surface area contributed by atoms with Gasteiger partial charge in [0.1, 0.15) is 5.75 Å². The number of piperidine rings is 1. The average molecular weight is 441 g/mol. The van der Waals surface area contributed by atoms with Gasteiger partial charge in [0.15, 0.2) is 5.78 Å². The molecular weight excluding hydrogens is 412 g/mol. The minimum Gasteiger partial charge on any atom is -0.496 e. The molecule has 3 heterocycles. The van der Waals surface area contributed by atoms with E-state index in [9.17, 15) is 9.59 Å². The number of pyridine rings is 1. The molecular formula is C28H28N2O3. The third-order valence-corrected chi connectivity index (χ3v) is 6.74. The number of hydrogen-bond acceptors (Lipinski definition) is 4. The van der Waals surface area contributed by atoms with Crippen LogP contribution < -0.4 is 10.3 Å². The van der Waals surface area contributed by atoms with Gasteiger partial charge >= 0.3 is 0 Å². The Morgan fingerprint density at radius 1 is 1.03 bits per heavy atom. The normalized spacial score (nSPS) is 19.9. The van der Waals surface area contributed by atoms with Gasteiger partial charge in [0.2, 0.25) is 0 Å². The predicted octanol–water partition coefficient (Wildman–Crippen LogP) is 4.37. The highest BCUT2D eigenvalue weighted by atomic mass is 16.5. The summed E-state index contributed by atoms with van der Waals surface area (Å²) in [6, 6.07) is 21.0. The first-order chi connectivity index (χ1) is 16.1. The highest BCUT2D eigenvalue weighted by Gasteiger charge is 2.34. The fourth-order valence-electron chi connectivity index (χ4n) is 5.26. The number of fused-ring (bicyclic) bond motifs is 4. The Morgan fingerprint density at radius 2 is 1.88 bits per heavy atom. The lowest BCUT2D eigenvalue weighted by atomic mass is 9.83. The van der Waals surface area contributed by atoms with Gasteiger partial charge in [0, 0.05) is 55.0 Å². The number of ether oxygens (including phenoxy) is 1. The Bertz CT molecular complexity index is 1250. The van der Waals surface area contributed by atoms with Crippen LogP contribution in [0.25, 0.3) is 6.08 Å². The second-order valence-corrected chi connectivity index (χ2v) is 9.03. The van der Waals surface area contributed by atoms with Crippen molar-refractivity contribution < 1.29 is 9.53 Å². The molecule has 0 N–H and O–H groups in total. The molecule has 0 radical (unpaired) electrons. The first-order valence-corrected chi connectivity index (χ1v) is 11.5. The van der Waals surface area contributed by atoms with Crippen LogP contribution in [0.3, 0.4) is 0 Å². The van der Waals surface area contributed by atoms with Crippen LogP contribution in [-0.2, 0) is 13.1 Å². The number of hydrogen-bond donors (Lipinski definition) is 0. The molecule has 2 unspecified atom stereocenters. The van der Waals surface area contributed by atoms with Crippen molar-refractivity contribution in [1.29, 1.82) is 0 Å². The van der Waals surface area contributed by atoms with Crippen LogP contribution in [0, 0.1) is 5.92 Å². The van der Waals surface area contributed by atoms with E-state index in [0.717, 1.165) is 55.2 Å². The molecule has 0 spiro atoms. The van der Waals surface area contributed by atoms with Crippen molar-refractivity contribution in [2.75, 3.05) is 20.2 Å². The third-order valence-electron chi connectivity index (χ3n) is 6.74. The maximum Gasteiger partial charge on any atom is 0.250 e. The van der Waals surface area contributed by atoms with E-state index in [1.54, 1.807) is 19.3 Å². The molecule has 1 saturated heterocycles. The van der Waals surface area contributed by atoms with E-state index in [2.05, 4.69) is 17.0 Å². The fourth-order valence-corrected chi connectivity index (χ4v) is 5.26. The first kappa shape index (κ1) is 21.4. The zero-order valence-corrected chi connectivity index (χ0v) is 18.8. The topological polar surface area (TPSA) is 51.5 Å². The standard InChI is InChI=1S/C28H28N2O3/c1-33-27-13-11-20(10-12-26(31)22-6-3-2-4-7-22)14-24(27)19-29-16-21-15-23(18-29)25-8-5-9-28(32)30(25)17-21/h2-14,21,23H,15-19H2,1H3. The van der Waals surface area contributed by atoms with Gasteiger partial charge in [-0.15, -0.1) is 0 Å². The van der Waals surface area contributed by atoms with Crippen LogP contribution in [0.2, 0.25) is 0 Å². The molecule has 33 heavy (non-hydrogen) atoms. The Kier molecular flexibility index (Phi) is 5.97. The van der Waals surface area contributed by atoms with E-state index >= 15 is 0 Å². The van der Waals surface area contributed by atoms with Crippen LogP contribution in [0.1, 0.15) is 39.5 Å². The molecule has 5 heteroatoms. The molecule has 5 rings (SSSR count). The van der Waals surface area contributed by atoms with Gasteiger partial charge in [-0.05, 0) is 42.2 Å². The van der Waals surface area contributed by atoms with Crippen molar-refractivity contribution in [3.63, 3.8) is 0 Å². The maximum atomic E-state index is 12.4. The van der Waals surface area contributed by atoms with E-state index in [1.807, 2.05) is 59.2 Å². The minimum atomic E-state index is -0.00858. The van der Waals surface area contributed by atoms with Crippen molar-refractivity contribution in [3.8, 4) is 5.75 Å². The molecule has 2 aliphatic heterocycles. The quantitative estimate of drug-likeness (QED) is 0.422. The summed E-state index contributed by atoms with van der Waals surface area (Å²) in [5, 5.41) is 0. The second kappa shape index (κ2) is 9.20. The number of methoxy groups -OCH3 is 1. The molecule has 0 aliphatic carbocycles. The summed E-state index contributed by atoms with van der Waals surface area (Å²) in [4.78, 5) is 27.2. The molecule has 0 amide bonds. The van der Waals surface area contributed by atoms with Gasteiger partial charge in [-0.25, -0.2) is 0 Å². The number of carbonyl (C=O) groups excluding carboxylic acids is 1. The number of allylic oxidation sites excluding steroid dienone is 1. The molecule has 1 aromatic heterocycles. The molecule has 2 bridgehead atoms. The maximum absolute atomic E-state index is 12.4. The molecule has 2 atom stereocenters. The largest absolute Gasteiger partial charge is 0.496 e. The van der Waals surface area contributed by atoms with Gasteiger partial charge in [-0.1, -0.05) is 48.5 Å². The molecule has 1 fully saturated rings. The molecule has 2 aliphatic rings. The Balaban J connectivity index is 1.34. The highest BCUT2D eigenvalue weighted by molar-refractivity contribution is 6.06. The molecule has 168 valence electrons. The number of ketones is 1. The van der Waals surface area contributed by atoms with Crippen LogP contribution in [0.15, 0.2) is 77.6 Å². The van der Waals surface area contributed by atoms with Crippen LogP contribution >= 0.6 is 0 Å². The monoisotopic (exact) mass is 440 g/mol. The van der Waals surface area contributed by atoms with E-state index in [0.29, 0.717) is 17.4 Å². The predicted molar refractivity (Wildman–Crippen MR) is 130 cm³/mol. The number of benzene rings is 2. The Morgan fingerprint density at radius 3 is 2.70 bits per heavy atom. The zero-order chi connectivity index (χ0) is 22.8. The van der Waals surface area contributed by atoms with Gasteiger partial charge < -0.3 is 9.30 Å². The van der Waals surface area contributed by atoms with Crippen LogP contribution in [-0.4, -0.2) is 35.4 Å². The van der Waals surface area contributed by atoms with Gasteiger partial charge in [0.25, 0.3) is 5.56 Å². The summed E-state index contributed by atoms with van der Waals surface area (Å²) in [7, 11) is 1.70. The second-order valence-electron chi connectivity index (χ2n) is 9.03. The van der Waals surface area contributed by atoms with Crippen molar-refractivity contribution in [1.82, 2.24) is 9.47 Å². The summed E-state index contributed by atoms with van der Waals surface area (Å²) in [6.45, 7) is 3.47. The van der Waals surface area contributed by atoms with E-state index < -0.39 is 0 Å². The lowest BCUT2D eigenvalue weighted by Crippen LogP contribution is -2.46. The number of nitrogens with zero attached hydrogens (tertiary/aromatic N) is 2. The Hall–Kier alpha value is -3.44. The lowest BCUT2D eigenvalue weighted by Gasteiger charge is -2.43. The van der Waals surface area contributed by atoms with E-state index in [-0.39, 0.29) is 11.3 Å². The van der Waals surface area contributed by atoms with Crippen molar-refractivity contribution in [2.45, 2.75) is 25.4 Å². The SMILES string of the molecule is COc1ccc(C=CC(=O)c2ccccc2)cc1CN1CC2CC(C1)c1cccc(=O)n1C2. The zero-order valence-electron chi connectivity index (χ0n) is 18.8. The average Bonchev–Trinajstić information content (AvgIpc) is 2.84. The highest BCUT2D eigenvalue weighted by Crippen LogP contribution is 2.36. The number of aromatic nitrogens is 1. The summed E-state index contributed by atoms with van der Waals surface area (Å²) in [5.74, 6) is 1.71. The van der Waals surface area contributed by atoms with E-state index in [4.69, 9.17) is 4.74 Å². The first-order valence-electron chi connectivity index (χ1n) is 11.5. The summed E-state index contributed by atoms with van der Waals surface area (Å²) in [5.41, 5.74) is 4.04. The van der Waals surface area contributed by atoms with Gasteiger partial charge in [0.05, 0.1) is 7.11 Å². The van der Waals surface area contributed by atoms with Gasteiger partial charge in [-0.3, -0.25) is 14.5 Å². The Labute approximate surface area is 193 Å². The molecule has 2 aromatic carbocycles. The van der Waals surface area contributed by atoms with Crippen LogP contribution in [0.5, 0.6) is 5.75 Å². The van der Waals surface area contributed by atoms with Crippen LogP contribution in [0.4, 0.5) is 0 Å². The lowest BCUT2D eigenvalue weighted by molar-refractivity contribution is 0.104. The number of likely N-dealkylation sites (tertiary alicyclic amines) is 1. The fraction of sp³-hybridized carbons (Fsp3) is 0.286. The van der Waals surface area contributed by atoms with Crippen molar-refractivity contribution in [3.05, 3.63) is 106 Å². The summed E-state index contributed by atoms with van der Waals surface area (Å²) in [6.07, 6.45) is 4.63. The minimum absolute atomic E-state index is 0.00858. The smallest absolute Gasteiger partial charge is 0.250 e. The van der Waals surface area contributed by atoms with E-state index in [1.165, 1.54) is 0 Å². The molecule has 0 saturated carbocycles. The summed E-state index contributed by atoms with van der Waals surface area (Å²) >= 11 is 0. The number of rotatable bonds is 6. The number of carbonyl (C=O) groups is 1. The third kappa shape index (κ3) is 4.55. The van der Waals surface area contributed by atoms with Crippen molar-refractivity contribution >= 4 is 11.9 Å². The van der Waals surface area contributed by atoms with Crippen molar-refractivity contribution in [2.24, 2.45) is 5.92 Å². The van der Waals surface area contributed by atoms with Gasteiger partial charge in [-0.2, -0.15) is 0 Å². The summed E-state index contributed by atoms with van der Waals surface area (Å²) < 4.78 is 7.60. The molecule has 3 aromatic rings. The molecule has 5 nitrogen and oxygen atoms in total.